The highest BCUT2D eigenvalue weighted by atomic mass is 19.0. The van der Waals surface area contributed by atoms with E-state index in [0.29, 0.717) is 0 Å². The maximum atomic E-state index is 2.34. The van der Waals surface area contributed by atoms with Gasteiger partial charge >= 0.3 is 0 Å². The van der Waals surface area contributed by atoms with Crippen molar-refractivity contribution in [1.82, 2.24) is 0 Å². The number of unbranched alkanes of at least 4 members (excludes halogenated alkanes) is 16. The van der Waals surface area contributed by atoms with Crippen molar-refractivity contribution in [3.63, 3.8) is 0 Å². The zero-order valence-electron chi connectivity index (χ0n) is 22.2. The first-order valence-electron chi connectivity index (χ1n) is 14.1. The molecule has 0 atom stereocenters. The second-order valence-electron chi connectivity index (χ2n) is 9.89. The lowest BCUT2D eigenvalue weighted by atomic mass is 10.1. The zero-order chi connectivity index (χ0) is 21.5. The van der Waals surface area contributed by atoms with Crippen LogP contribution in [0.1, 0.15) is 156 Å². The average molecular weight is 451 g/mol. The van der Waals surface area contributed by atoms with Gasteiger partial charge in [-0.1, -0.05) is 105 Å². The minimum absolute atomic E-state index is 0. The summed E-state index contributed by atoms with van der Waals surface area (Å²) in [6, 6.07) is 0. The quantitative estimate of drug-likeness (QED) is 0.101. The number of rotatable bonds is 24. The molecule has 0 aromatic carbocycles. The van der Waals surface area contributed by atoms with Gasteiger partial charge in [0, 0.05) is 0 Å². The number of hydrogen-bond donors (Lipinski definition) is 0. The highest BCUT2D eigenvalue weighted by Crippen LogP contribution is 2.20. The van der Waals surface area contributed by atoms with E-state index in [4.69, 9.17) is 0 Å². The van der Waals surface area contributed by atoms with Crippen LogP contribution < -0.4 is 0 Å². The van der Waals surface area contributed by atoms with Crippen LogP contribution in [-0.4, -0.2) is 30.7 Å². The molecule has 0 aromatic rings. The molecule has 0 fully saturated rings. The summed E-state index contributed by atoms with van der Waals surface area (Å²) in [7, 11) is 0. The van der Waals surface area contributed by atoms with Crippen LogP contribution >= 0.6 is 0 Å². The molecule has 0 rings (SSSR count). The van der Waals surface area contributed by atoms with E-state index >= 15 is 0 Å². The van der Waals surface area contributed by atoms with Crippen LogP contribution in [0.5, 0.6) is 0 Å². The van der Waals surface area contributed by atoms with Gasteiger partial charge in [0.1, 0.15) is 0 Å². The predicted octanol–water partition coefficient (Wildman–Crippen LogP) is 9.99. The first kappa shape index (κ1) is 35.4. The van der Waals surface area contributed by atoms with E-state index in [2.05, 4.69) is 27.7 Å². The summed E-state index contributed by atoms with van der Waals surface area (Å²) in [5.74, 6) is 0. The average Bonchev–Trinajstić information content (AvgIpc) is 2.73. The van der Waals surface area contributed by atoms with Crippen LogP contribution in [0, 0.1) is 0 Å². The molecular weight excluding hydrogens is 388 g/mol. The summed E-state index contributed by atoms with van der Waals surface area (Å²) in [5.41, 5.74) is 0. The monoisotopic (exact) mass is 450 g/mol. The van der Waals surface area contributed by atoms with E-state index in [1.54, 1.807) is 0 Å². The van der Waals surface area contributed by atoms with Crippen molar-refractivity contribution in [2.45, 2.75) is 156 Å². The first-order chi connectivity index (χ1) is 14.2. The second-order valence-corrected chi connectivity index (χ2v) is 9.89. The summed E-state index contributed by atoms with van der Waals surface area (Å²) in [6.07, 6.45) is 28.8. The largest absolute Gasteiger partial charge is 0.324 e. The van der Waals surface area contributed by atoms with Gasteiger partial charge in [-0.2, -0.15) is 0 Å². The van der Waals surface area contributed by atoms with E-state index in [9.17, 15) is 0 Å². The minimum atomic E-state index is 0. The van der Waals surface area contributed by atoms with Gasteiger partial charge in [-0.3, -0.25) is 9.41 Å². The molecule has 1 nitrogen and oxygen atoms in total. The summed E-state index contributed by atoms with van der Waals surface area (Å²) in [6.45, 7) is 15.2. The second kappa shape index (κ2) is 27.9. The number of quaternary nitrogens is 1. The molecular formula is C28H62F2N+. The van der Waals surface area contributed by atoms with Gasteiger partial charge in [0.05, 0.1) is 26.2 Å². The van der Waals surface area contributed by atoms with Crippen LogP contribution in [-0.2, 0) is 0 Å². The third kappa shape index (κ3) is 22.8. The highest BCUT2D eigenvalue weighted by Gasteiger charge is 2.25. The van der Waals surface area contributed by atoms with Crippen molar-refractivity contribution < 1.29 is 13.9 Å². The predicted molar refractivity (Wildman–Crippen MR) is 140 cm³/mol. The summed E-state index contributed by atoms with van der Waals surface area (Å²) in [5, 5.41) is 0. The Morgan fingerprint density at radius 3 is 0.677 bits per heavy atom. The Morgan fingerprint density at radius 2 is 0.484 bits per heavy atom. The fourth-order valence-corrected chi connectivity index (χ4v) is 4.87. The van der Waals surface area contributed by atoms with Crippen LogP contribution in [0.25, 0.3) is 0 Å². The molecule has 0 spiro atoms. The molecule has 0 radical (unpaired) electrons. The van der Waals surface area contributed by atoms with E-state index < -0.39 is 0 Å². The van der Waals surface area contributed by atoms with E-state index in [0.717, 1.165) is 0 Å². The molecule has 0 N–H and O–H groups in total. The van der Waals surface area contributed by atoms with Gasteiger partial charge in [-0.25, -0.2) is 0 Å². The molecule has 0 saturated heterocycles. The van der Waals surface area contributed by atoms with E-state index in [1.165, 1.54) is 159 Å². The van der Waals surface area contributed by atoms with E-state index in [-0.39, 0.29) is 9.41 Å². The van der Waals surface area contributed by atoms with Crippen LogP contribution in [0.4, 0.5) is 9.41 Å². The van der Waals surface area contributed by atoms with Gasteiger partial charge < -0.3 is 4.48 Å². The van der Waals surface area contributed by atoms with Crippen molar-refractivity contribution in [3.8, 4) is 0 Å². The van der Waals surface area contributed by atoms with Crippen molar-refractivity contribution in [1.29, 1.82) is 0 Å². The first-order valence-corrected chi connectivity index (χ1v) is 14.1. The third-order valence-electron chi connectivity index (χ3n) is 6.94. The maximum absolute atomic E-state index is 2.34. The Bertz CT molecular complexity index is 248. The summed E-state index contributed by atoms with van der Waals surface area (Å²) < 4.78 is 1.47. The fraction of sp³-hybridized carbons (Fsp3) is 1.00. The standard InChI is InChI=1S/C28H60N.2FH/c1-5-9-13-17-21-25-29(26-22-18-14-10-6-2,27-23-19-15-11-7-3)28-24-20-16-12-8-4;;/h5-28H2,1-4H3;2*1H/q+1;;. The van der Waals surface area contributed by atoms with E-state index in [1.807, 2.05) is 0 Å². The van der Waals surface area contributed by atoms with Gasteiger partial charge in [0.25, 0.3) is 0 Å². The molecule has 31 heavy (non-hydrogen) atoms. The van der Waals surface area contributed by atoms with Crippen molar-refractivity contribution in [2.75, 3.05) is 26.2 Å². The summed E-state index contributed by atoms with van der Waals surface area (Å²) >= 11 is 0. The van der Waals surface area contributed by atoms with Crippen LogP contribution in [0.15, 0.2) is 0 Å². The normalized spacial score (nSPS) is 11.2. The topological polar surface area (TPSA) is 0 Å². The van der Waals surface area contributed by atoms with Gasteiger partial charge in [-0.15, -0.1) is 0 Å². The molecule has 0 aromatic heterocycles. The Labute approximate surface area is 196 Å². The summed E-state index contributed by atoms with van der Waals surface area (Å²) in [4.78, 5) is 0. The Kier molecular flexibility index (Phi) is 31.8. The molecule has 0 saturated carbocycles. The zero-order valence-corrected chi connectivity index (χ0v) is 22.2. The SMILES string of the molecule is CCCCCCC[N+](CCCCCCC)(CCCCCCC)CCCCCCC.F.F. The molecule has 0 aliphatic heterocycles. The molecule has 0 aliphatic carbocycles. The van der Waals surface area contributed by atoms with Crippen LogP contribution in [0.2, 0.25) is 0 Å². The number of halogens is 2. The molecule has 3 heteroatoms. The molecule has 0 amide bonds. The fourth-order valence-electron chi connectivity index (χ4n) is 4.87. The molecule has 0 aliphatic rings. The maximum Gasteiger partial charge on any atom is 0.0786 e. The highest BCUT2D eigenvalue weighted by molar-refractivity contribution is 4.54. The molecule has 192 valence electrons. The van der Waals surface area contributed by atoms with Crippen molar-refractivity contribution in [2.24, 2.45) is 0 Å². The van der Waals surface area contributed by atoms with Crippen molar-refractivity contribution >= 4 is 0 Å². The third-order valence-corrected chi connectivity index (χ3v) is 6.94. The van der Waals surface area contributed by atoms with Gasteiger partial charge in [0.2, 0.25) is 0 Å². The minimum Gasteiger partial charge on any atom is -0.324 e. The number of nitrogens with zero attached hydrogens (tertiary/aromatic N) is 1. The van der Waals surface area contributed by atoms with Crippen LogP contribution in [0.3, 0.4) is 0 Å². The Balaban J connectivity index is -0.00000392. The Hall–Kier alpha value is -0.180. The molecule has 0 bridgehead atoms. The lowest BCUT2D eigenvalue weighted by molar-refractivity contribution is -0.929. The lowest BCUT2D eigenvalue weighted by Crippen LogP contribution is -2.50. The van der Waals surface area contributed by atoms with Crippen molar-refractivity contribution in [3.05, 3.63) is 0 Å². The van der Waals surface area contributed by atoms with Gasteiger partial charge in [-0.05, 0) is 51.4 Å². The number of hydrogen-bond acceptors (Lipinski definition) is 0. The molecule has 0 heterocycles. The smallest absolute Gasteiger partial charge is 0.0786 e. The molecule has 0 unspecified atom stereocenters. The Morgan fingerprint density at radius 1 is 0.290 bits per heavy atom. The lowest BCUT2D eigenvalue weighted by Gasteiger charge is -2.39. The van der Waals surface area contributed by atoms with Gasteiger partial charge in [0.15, 0.2) is 0 Å².